The quantitative estimate of drug-likeness (QED) is 0.797. The fourth-order valence-electron chi connectivity index (χ4n) is 4.11. The van der Waals surface area contributed by atoms with Crippen LogP contribution < -0.4 is 5.32 Å². The van der Waals surface area contributed by atoms with E-state index in [0.717, 1.165) is 45.4 Å². The number of hydrogen-bond acceptors (Lipinski definition) is 3. The predicted molar refractivity (Wildman–Crippen MR) is 83.2 cm³/mol. The largest absolute Gasteiger partial charge is 0.341 e. The van der Waals surface area contributed by atoms with E-state index in [0.29, 0.717) is 18.0 Å². The topological polar surface area (TPSA) is 35.6 Å². The maximum absolute atomic E-state index is 12.9. The van der Waals surface area contributed by atoms with Gasteiger partial charge in [-0.1, -0.05) is 0 Å². The van der Waals surface area contributed by atoms with Gasteiger partial charge in [-0.2, -0.15) is 0 Å². The first-order valence-corrected chi connectivity index (χ1v) is 7.82. The average molecular weight is 302 g/mol. The molecule has 20 heavy (non-hydrogen) atoms. The zero-order valence-electron chi connectivity index (χ0n) is 12.7. The third-order valence-electron chi connectivity index (χ3n) is 5.55. The van der Waals surface area contributed by atoms with Crippen LogP contribution in [0, 0.1) is 5.41 Å². The molecule has 1 N–H and O–H groups in total. The van der Waals surface area contributed by atoms with Gasteiger partial charge in [0.25, 0.3) is 0 Å². The van der Waals surface area contributed by atoms with E-state index in [1.807, 2.05) is 0 Å². The van der Waals surface area contributed by atoms with E-state index >= 15 is 0 Å². The first kappa shape index (κ1) is 16.1. The summed E-state index contributed by atoms with van der Waals surface area (Å²) in [5.41, 5.74) is -0.166. The number of nitrogens with one attached hydrogen (secondary N) is 1. The van der Waals surface area contributed by atoms with E-state index in [-0.39, 0.29) is 17.8 Å². The summed E-state index contributed by atoms with van der Waals surface area (Å²) >= 11 is 0. The number of likely N-dealkylation sites (N-methyl/N-ethyl adjacent to an activating group) is 1. The van der Waals surface area contributed by atoms with Crippen molar-refractivity contribution < 1.29 is 4.79 Å². The number of carbonyl (C=O) groups is 1. The number of halogens is 1. The van der Waals surface area contributed by atoms with Gasteiger partial charge in [-0.3, -0.25) is 9.69 Å². The second-order valence-electron chi connectivity index (χ2n) is 6.93. The Morgan fingerprint density at radius 2 is 2.00 bits per heavy atom. The van der Waals surface area contributed by atoms with Crippen LogP contribution >= 0.6 is 12.4 Å². The summed E-state index contributed by atoms with van der Waals surface area (Å²) in [4.78, 5) is 17.5. The number of piperidine rings is 1. The molecule has 0 saturated carbocycles. The maximum atomic E-state index is 12.9. The van der Waals surface area contributed by atoms with Crippen LogP contribution in [0.2, 0.25) is 0 Å². The Bertz CT molecular complexity index is 357. The smallest absolute Gasteiger partial charge is 0.229 e. The molecule has 0 aromatic rings. The van der Waals surface area contributed by atoms with Crippen molar-refractivity contribution in [3.05, 3.63) is 0 Å². The summed E-state index contributed by atoms with van der Waals surface area (Å²) in [5.74, 6) is 0.389. The SMILES string of the molecule is CN1C2CCC1CN(C(=O)C1(C)CCCNC1)CC2.Cl. The minimum atomic E-state index is -0.166. The predicted octanol–water partition coefficient (Wildman–Crippen LogP) is 1.49. The molecule has 3 rings (SSSR count). The van der Waals surface area contributed by atoms with Gasteiger partial charge in [-0.25, -0.2) is 0 Å². The zero-order chi connectivity index (χ0) is 13.5. The lowest BCUT2D eigenvalue weighted by Crippen LogP contribution is -2.52. The lowest BCUT2D eigenvalue weighted by molar-refractivity contribution is -0.142. The summed E-state index contributed by atoms with van der Waals surface area (Å²) in [6.45, 7) is 5.97. The Labute approximate surface area is 128 Å². The van der Waals surface area contributed by atoms with Gasteiger partial charge in [0.1, 0.15) is 0 Å². The number of rotatable bonds is 1. The lowest BCUT2D eigenvalue weighted by atomic mass is 9.81. The molecule has 4 nitrogen and oxygen atoms in total. The van der Waals surface area contributed by atoms with Crippen LogP contribution in [-0.2, 0) is 4.79 Å². The van der Waals surface area contributed by atoms with E-state index < -0.39 is 0 Å². The fraction of sp³-hybridized carbons (Fsp3) is 0.933. The van der Waals surface area contributed by atoms with Crippen LogP contribution in [-0.4, -0.2) is 61.0 Å². The van der Waals surface area contributed by atoms with E-state index in [1.54, 1.807) is 0 Å². The molecule has 0 radical (unpaired) electrons. The third-order valence-corrected chi connectivity index (χ3v) is 5.55. The molecule has 3 atom stereocenters. The molecule has 5 heteroatoms. The Morgan fingerprint density at radius 3 is 2.70 bits per heavy atom. The number of likely N-dealkylation sites (tertiary alicyclic amines) is 1. The molecule has 0 aliphatic carbocycles. The highest BCUT2D eigenvalue weighted by Gasteiger charge is 2.42. The van der Waals surface area contributed by atoms with Crippen molar-refractivity contribution in [3.8, 4) is 0 Å². The molecule has 0 aromatic carbocycles. The lowest BCUT2D eigenvalue weighted by Gasteiger charge is -2.38. The van der Waals surface area contributed by atoms with Crippen LogP contribution in [0.15, 0.2) is 0 Å². The maximum Gasteiger partial charge on any atom is 0.229 e. The van der Waals surface area contributed by atoms with Crippen LogP contribution in [0.4, 0.5) is 0 Å². The van der Waals surface area contributed by atoms with Crippen molar-refractivity contribution in [2.45, 2.75) is 51.1 Å². The molecular formula is C15H28ClN3O. The van der Waals surface area contributed by atoms with Gasteiger partial charge in [0.2, 0.25) is 5.91 Å². The average Bonchev–Trinajstić information content (AvgIpc) is 2.63. The van der Waals surface area contributed by atoms with Gasteiger partial charge in [0.05, 0.1) is 5.41 Å². The van der Waals surface area contributed by atoms with Gasteiger partial charge in [-0.15, -0.1) is 12.4 Å². The highest BCUT2D eigenvalue weighted by atomic mass is 35.5. The van der Waals surface area contributed by atoms with Gasteiger partial charge in [-0.05, 0) is 52.6 Å². The van der Waals surface area contributed by atoms with Gasteiger partial charge in [0.15, 0.2) is 0 Å². The molecule has 0 spiro atoms. The van der Waals surface area contributed by atoms with Crippen molar-refractivity contribution in [2.24, 2.45) is 5.41 Å². The van der Waals surface area contributed by atoms with E-state index in [9.17, 15) is 4.79 Å². The number of carbonyl (C=O) groups excluding carboxylic acids is 1. The molecule has 3 fully saturated rings. The minimum Gasteiger partial charge on any atom is -0.341 e. The molecule has 2 bridgehead atoms. The monoisotopic (exact) mass is 301 g/mol. The highest BCUT2D eigenvalue weighted by molar-refractivity contribution is 5.85. The molecular weight excluding hydrogens is 274 g/mol. The molecule has 3 heterocycles. The zero-order valence-corrected chi connectivity index (χ0v) is 13.5. The summed E-state index contributed by atoms with van der Waals surface area (Å²) in [6.07, 6.45) is 5.91. The van der Waals surface area contributed by atoms with Crippen molar-refractivity contribution >= 4 is 18.3 Å². The number of fused-ring (bicyclic) bond motifs is 2. The summed E-state index contributed by atoms with van der Waals surface area (Å²) in [5, 5.41) is 3.40. The molecule has 1 amide bonds. The standard InChI is InChI=1S/C15H27N3O.ClH/c1-15(7-3-8-16-11-15)14(19)18-9-6-12-4-5-13(10-18)17(12)2;/h12-13,16H,3-11H2,1-2H3;1H. The van der Waals surface area contributed by atoms with Crippen LogP contribution in [0.3, 0.4) is 0 Å². The van der Waals surface area contributed by atoms with Gasteiger partial charge >= 0.3 is 0 Å². The van der Waals surface area contributed by atoms with Crippen LogP contribution in [0.5, 0.6) is 0 Å². The van der Waals surface area contributed by atoms with E-state index in [1.165, 1.54) is 12.8 Å². The summed E-state index contributed by atoms with van der Waals surface area (Å²) in [6, 6.07) is 1.30. The van der Waals surface area contributed by atoms with E-state index in [2.05, 4.69) is 29.1 Å². The minimum absolute atomic E-state index is 0. The van der Waals surface area contributed by atoms with Crippen molar-refractivity contribution in [3.63, 3.8) is 0 Å². The Kier molecular flexibility index (Phi) is 4.98. The number of amides is 1. The second kappa shape index (κ2) is 6.20. The molecule has 0 aromatic heterocycles. The van der Waals surface area contributed by atoms with Gasteiger partial charge < -0.3 is 10.2 Å². The summed E-state index contributed by atoms with van der Waals surface area (Å²) in [7, 11) is 2.24. The molecule has 3 saturated heterocycles. The van der Waals surface area contributed by atoms with Crippen molar-refractivity contribution in [2.75, 3.05) is 33.2 Å². The van der Waals surface area contributed by atoms with E-state index in [4.69, 9.17) is 0 Å². The molecule has 3 aliphatic rings. The number of hydrogen-bond donors (Lipinski definition) is 1. The van der Waals surface area contributed by atoms with Crippen molar-refractivity contribution in [1.29, 1.82) is 0 Å². The Balaban J connectivity index is 0.00000147. The first-order valence-electron chi connectivity index (χ1n) is 7.82. The fourth-order valence-corrected chi connectivity index (χ4v) is 4.11. The van der Waals surface area contributed by atoms with Crippen molar-refractivity contribution in [1.82, 2.24) is 15.1 Å². The normalized spacial score (nSPS) is 38.2. The first-order chi connectivity index (χ1) is 9.10. The highest BCUT2D eigenvalue weighted by Crippen LogP contribution is 2.33. The molecule has 116 valence electrons. The van der Waals surface area contributed by atoms with Crippen LogP contribution in [0.1, 0.15) is 39.0 Å². The number of nitrogens with zero attached hydrogens (tertiary/aromatic N) is 2. The van der Waals surface area contributed by atoms with Gasteiger partial charge in [0, 0.05) is 31.7 Å². The summed E-state index contributed by atoms with van der Waals surface area (Å²) < 4.78 is 0. The Morgan fingerprint density at radius 1 is 1.25 bits per heavy atom. The third kappa shape index (κ3) is 2.83. The molecule has 3 aliphatic heterocycles. The molecule has 3 unspecified atom stereocenters. The second-order valence-corrected chi connectivity index (χ2v) is 6.93. The Hall–Kier alpha value is -0.320. The van der Waals surface area contributed by atoms with Crippen LogP contribution in [0.25, 0.3) is 0 Å².